The van der Waals surface area contributed by atoms with Gasteiger partial charge in [-0.1, -0.05) is 12.7 Å². The summed E-state index contributed by atoms with van der Waals surface area (Å²) in [7, 11) is 1.72. The first-order valence-electron chi connectivity index (χ1n) is 3.82. The Kier molecular flexibility index (Phi) is 5.04. The molecule has 0 unspecified atom stereocenters. The van der Waals surface area contributed by atoms with Crippen molar-refractivity contribution >= 4 is 6.41 Å². The number of rotatable bonds is 5. The lowest BCUT2D eigenvalue weighted by molar-refractivity contribution is -0.116. The van der Waals surface area contributed by atoms with Crippen LogP contribution in [-0.2, 0) is 4.79 Å². The number of nitrogens with two attached hydrogens (primary N) is 1. The van der Waals surface area contributed by atoms with Crippen molar-refractivity contribution in [2.75, 3.05) is 20.1 Å². The minimum atomic E-state index is 0.468. The number of nitrogens with zero attached hydrogens (tertiary/aromatic N) is 1. The van der Waals surface area contributed by atoms with E-state index in [4.69, 9.17) is 5.73 Å². The van der Waals surface area contributed by atoms with Gasteiger partial charge in [0.15, 0.2) is 0 Å². The molecular formula is C9H16N2O. The molecule has 0 radical (unpaired) electrons. The minimum Gasteiger partial charge on any atom is -0.344 e. The van der Waals surface area contributed by atoms with Gasteiger partial charge in [0, 0.05) is 20.1 Å². The van der Waals surface area contributed by atoms with Crippen LogP contribution in [0.15, 0.2) is 23.8 Å². The summed E-state index contributed by atoms with van der Waals surface area (Å²) in [4.78, 5) is 11.9. The van der Waals surface area contributed by atoms with Crippen molar-refractivity contribution < 1.29 is 4.79 Å². The highest BCUT2D eigenvalue weighted by Gasteiger charge is 2.00. The van der Waals surface area contributed by atoms with Gasteiger partial charge in [-0.25, -0.2) is 0 Å². The Morgan fingerprint density at radius 1 is 1.67 bits per heavy atom. The van der Waals surface area contributed by atoms with Gasteiger partial charge in [-0.15, -0.1) is 0 Å². The van der Waals surface area contributed by atoms with Gasteiger partial charge in [0.05, 0.1) is 0 Å². The van der Waals surface area contributed by atoms with Crippen molar-refractivity contribution in [1.29, 1.82) is 0 Å². The lowest BCUT2D eigenvalue weighted by atomic mass is 10.1. The molecule has 0 aliphatic rings. The second kappa shape index (κ2) is 5.55. The maximum absolute atomic E-state index is 10.3. The Hall–Kier alpha value is -1.09. The molecule has 0 aromatic rings. The second-order valence-corrected chi connectivity index (χ2v) is 2.72. The van der Waals surface area contributed by atoms with Gasteiger partial charge in [0.2, 0.25) is 6.41 Å². The van der Waals surface area contributed by atoms with Crippen LogP contribution in [0.4, 0.5) is 0 Å². The van der Waals surface area contributed by atoms with Gasteiger partial charge < -0.3 is 10.6 Å². The van der Waals surface area contributed by atoms with E-state index >= 15 is 0 Å². The zero-order chi connectivity index (χ0) is 9.56. The lowest BCUT2D eigenvalue weighted by Gasteiger charge is -2.14. The molecule has 12 heavy (non-hydrogen) atoms. The number of likely N-dealkylation sites (N-methyl/N-ethyl adjacent to an activating group) is 1. The Balaban J connectivity index is 4.36. The second-order valence-electron chi connectivity index (χ2n) is 2.72. The van der Waals surface area contributed by atoms with E-state index in [-0.39, 0.29) is 0 Å². The quantitative estimate of drug-likeness (QED) is 0.481. The summed E-state index contributed by atoms with van der Waals surface area (Å²) in [6, 6.07) is 0. The fourth-order valence-electron chi connectivity index (χ4n) is 0.833. The molecule has 0 aliphatic heterocycles. The summed E-state index contributed by atoms with van der Waals surface area (Å²) < 4.78 is 0. The van der Waals surface area contributed by atoms with Crippen LogP contribution in [-0.4, -0.2) is 31.4 Å². The molecule has 0 fully saturated rings. The molecule has 0 aliphatic carbocycles. The third-order valence-electron chi connectivity index (χ3n) is 1.73. The molecule has 0 heterocycles. The molecule has 3 heteroatoms. The van der Waals surface area contributed by atoms with Crippen LogP contribution in [0.2, 0.25) is 0 Å². The van der Waals surface area contributed by atoms with Crippen molar-refractivity contribution in [2.24, 2.45) is 5.73 Å². The van der Waals surface area contributed by atoms with Gasteiger partial charge in [0.1, 0.15) is 0 Å². The molecule has 0 spiro atoms. The number of carbonyl (C=O) groups excluding carboxylic acids is 1. The molecule has 0 saturated carbocycles. The zero-order valence-electron chi connectivity index (χ0n) is 7.71. The van der Waals surface area contributed by atoms with Crippen molar-refractivity contribution in [3.8, 4) is 0 Å². The van der Waals surface area contributed by atoms with E-state index in [9.17, 15) is 4.79 Å². The maximum Gasteiger partial charge on any atom is 0.209 e. The third-order valence-corrected chi connectivity index (χ3v) is 1.73. The van der Waals surface area contributed by atoms with Crippen molar-refractivity contribution in [3.63, 3.8) is 0 Å². The van der Waals surface area contributed by atoms with Crippen LogP contribution >= 0.6 is 0 Å². The minimum absolute atomic E-state index is 0.468. The monoisotopic (exact) mass is 168 g/mol. The number of hydrogen-bond donors (Lipinski definition) is 1. The average molecular weight is 168 g/mol. The largest absolute Gasteiger partial charge is 0.344 e. The summed E-state index contributed by atoms with van der Waals surface area (Å²) in [6.45, 7) is 6.63. The number of allylic oxidation sites excluding steroid dienone is 2. The van der Waals surface area contributed by atoms with Gasteiger partial charge >= 0.3 is 0 Å². The van der Waals surface area contributed by atoms with Crippen LogP contribution in [0.1, 0.15) is 6.92 Å². The molecule has 0 bridgehead atoms. The summed E-state index contributed by atoms with van der Waals surface area (Å²) in [5.74, 6) is 0. The third kappa shape index (κ3) is 3.34. The predicted molar refractivity (Wildman–Crippen MR) is 50.6 cm³/mol. The summed E-state index contributed by atoms with van der Waals surface area (Å²) in [5.41, 5.74) is 7.59. The van der Waals surface area contributed by atoms with E-state index in [0.717, 1.165) is 17.6 Å². The summed E-state index contributed by atoms with van der Waals surface area (Å²) in [6.07, 6.45) is 2.53. The Morgan fingerprint density at radius 3 is 2.58 bits per heavy atom. The fourth-order valence-corrected chi connectivity index (χ4v) is 0.833. The molecule has 0 aromatic heterocycles. The van der Waals surface area contributed by atoms with Gasteiger partial charge in [-0.05, 0) is 18.1 Å². The number of amides is 1. The molecule has 2 N–H and O–H groups in total. The normalized spacial score (nSPS) is 11.9. The first-order chi connectivity index (χ1) is 5.65. The number of hydrogen-bond acceptors (Lipinski definition) is 2. The highest BCUT2D eigenvalue weighted by Crippen LogP contribution is 2.03. The first-order valence-corrected chi connectivity index (χ1v) is 3.82. The average Bonchev–Trinajstić information content (AvgIpc) is 2.12. The lowest BCUT2D eigenvalue weighted by Crippen LogP contribution is -2.23. The van der Waals surface area contributed by atoms with Gasteiger partial charge in [0.25, 0.3) is 0 Å². The van der Waals surface area contributed by atoms with Gasteiger partial charge in [-0.2, -0.15) is 0 Å². The number of carbonyl (C=O) groups is 1. The van der Waals surface area contributed by atoms with Gasteiger partial charge in [-0.3, -0.25) is 4.79 Å². The maximum atomic E-state index is 10.3. The van der Waals surface area contributed by atoms with E-state index in [1.165, 1.54) is 0 Å². The van der Waals surface area contributed by atoms with Crippen LogP contribution in [0.3, 0.4) is 0 Å². The molecule has 3 nitrogen and oxygen atoms in total. The Bertz CT molecular complexity index is 197. The van der Waals surface area contributed by atoms with Crippen LogP contribution < -0.4 is 5.73 Å². The molecule has 1 amide bonds. The summed E-state index contributed by atoms with van der Waals surface area (Å²) in [5, 5.41) is 0. The molecule has 0 aromatic carbocycles. The zero-order valence-corrected chi connectivity index (χ0v) is 7.71. The van der Waals surface area contributed by atoms with Crippen molar-refractivity contribution in [1.82, 2.24) is 4.90 Å². The van der Waals surface area contributed by atoms with Crippen molar-refractivity contribution in [2.45, 2.75) is 6.92 Å². The molecular weight excluding hydrogens is 152 g/mol. The van der Waals surface area contributed by atoms with Crippen LogP contribution in [0, 0.1) is 0 Å². The highest BCUT2D eigenvalue weighted by molar-refractivity contribution is 5.47. The smallest absolute Gasteiger partial charge is 0.209 e. The molecule has 68 valence electrons. The molecule has 0 rings (SSSR count). The predicted octanol–water partition coefficient (Wildman–Crippen LogP) is 0.536. The Morgan fingerprint density at radius 2 is 2.25 bits per heavy atom. The van der Waals surface area contributed by atoms with Crippen molar-refractivity contribution in [3.05, 3.63) is 23.8 Å². The van der Waals surface area contributed by atoms with E-state index < -0.39 is 0 Å². The highest BCUT2D eigenvalue weighted by atomic mass is 16.1. The fraction of sp³-hybridized carbons (Fsp3) is 0.444. The SMILES string of the molecule is C=C/C(C)=C(\CN)CN(C)C=O. The Labute approximate surface area is 73.5 Å². The van der Waals surface area contributed by atoms with E-state index in [0.29, 0.717) is 13.1 Å². The standard InChI is InChI=1S/C9H16N2O/c1-4-8(2)9(5-10)6-11(3)7-12/h4,7H,1,5-6,10H2,2-3H3/b9-8+. The first kappa shape index (κ1) is 10.9. The van der Waals surface area contributed by atoms with E-state index in [1.54, 1.807) is 18.0 Å². The molecule has 0 saturated heterocycles. The molecule has 0 atom stereocenters. The van der Waals surface area contributed by atoms with E-state index in [2.05, 4.69) is 6.58 Å². The van der Waals surface area contributed by atoms with E-state index in [1.807, 2.05) is 6.92 Å². The van der Waals surface area contributed by atoms with Crippen LogP contribution in [0.25, 0.3) is 0 Å². The van der Waals surface area contributed by atoms with Crippen LogP contribution in [0.5, 0.6) is 0 Å². The summed E-state index contributed by atoms with van der Waals surface area (Å²) >= 11 is 0. The topological polar surface area (TPSA) is 46.3 Å².